The van der Waals surface area contributed by atoms with Crippen molar-refractivity contribution in [2.45, 2.75) is 75.2 Å². The highest BCUT2D eigenvalue weighted by Gasteiger charge is 2.60. The molecule has 7 nitrogen and oxygen atoms in total. The maximum Gasteiger partial charge on any atom is 0.145 e. The van der Waals surface area contributed by atoms with Crippen molar-refractivity contribution in [2.75, 3.05) is 0 Å². The van der Waals surface area contributed by atoms with Crippen LogP contribution in [0.25, 0.3) is 10.6 Å². The monoisotopic (exact) mass is 733 g/mol. The van der Waals surface area contributed by atoms with Gasteiger partial charge in [0.15, 0.2) is 0 Å². The predicted octanol–water partition coefficient (Wildman–Crippen LogP) is 9.37. The molecule has 1 N–H and O–H groups in total. The molecular formula is C43H40ClNO6S. The molecule has 5 atom stereocenters. The zero-order valence-corrected chi connectivity index (χ0v) is 30.1. The van der Waals surface area contributed by atoms with Crippen LogP contribution < -0.4 is 0 Å². The molecule has 2 aromatic heterocycles. The summed E-state index contributed by atoms with van der Waals surface area (Å²) in [5.41, 5.74) is 3.83. The van der Waals surface area contributed by atoms with Crippen molar-refractivity contribution in [3.8, 4) is 10.6 Å². The third-order valence-electron chi connectivity index (χ3n) is 9.74. The van der Waals surface area contributed by atoms with Gasteiger partial charge in [0.1, 0.15) is 36.3 Å². The van der Waals surface area contributed by atoms with Crippen molar-refractivity contribution in [1.82, 2.24) is 4.98 Å². The fourth-order valence-corrected chi connectivity index (χ4v) is 7.90. The van der Waals surface area contributed by atoms with Gasteiger partial charge in [0.2, 0.25) is 0 Å². The fraction of sp³-hybridized carbons (Fsp3) is 0.279. The first kappa shape index (κ1) is 34.9. The molecule has 3 heterocycles. The van der Waals surface area contributed by atoms with Gasteiger partial charge < -0.3 is 28.5 Å². The summed E-state index contributed by atoms with van der Waals surface area (Å²) < 4.78 is 33.1. The standard InChI is InChI=1S/C43H40ClNO6S/c44-34-19-18-32(23-33(34)24-37-45-25-36(52-37)35-17-10-22-47-35)38-39(48-26-29-11-4-1-5-12-29)40(49-27-30-13-6-2-7-14-30)41(42(51-38)43(46)20-21-43)50-28-31-15-8-3-9-16-31/h1-19,22-23,25,38-42,46H,20-21,24,26-28H2/t38?,39?,40-,41+,42+/m1/s1. The van der Waals surface area contributed by atoms with E-state index in [0.717, 1.165) is 43.5 Å². The van der Waals surface area contributed by atoms with E-state index in [2.05, 4.69) is 11.1 Å². The first-order chi connectivity index (χ1) is 25.5. The topological polar surface area (TPSA) is 83.2 Å². The number of halogens is 1. The van der Waals surface area contributed by atoms with Crippen molar-refractivity contribution in [2.24, 2.45) is 0 Å². The van der Waals surface area contributed by atoms with Crippen LogP contribution in [0.4, 0.5) is 0 Å². The summed E-state index contributed by atoms with van der Waals surface area (Å²) >= 11 is 8.42. The van der Waals surface area contributed by atoms with Crippen molar-refractivity contribution in [3.63, 3.8) is 0 Å². The number of nitrogens with zero attached hydrogens (tertiary/aromatic N) is 1. The molecule has 52 heavy (non-hydrogen) atoms. The molecule has 6 aromatic rings. The number of aliphatic hydroxyl groups is 1. The van der Waals surface area contributed by atoms with Gasteiger partial charge in [0, 0.05) is 17.6 Å². The molecule has 2 unspecified atom stereocenters. The Bertz CT molecular complexity index is 2020. The molecule has 1 saturated heterocycles. The fourth-order valence-electron chi connectivity index (χ4n) is 6.81. The average Bonchev–Trinajstić information content (AvgIpc) is 3.51. The summed E-state index contributed by atoms with van der Waals surface area (Å²) in [5, 5.41) is 13.4. The molecule has 1 aliphatic carbocycles. The second-order valence-corrected chi connectivity index (χ2v) is 15.0. The Morgan fingerprint density at radius 1 is 0.731 bits per heavy atom. The van der Waals surface area contributed by atoms with Gasteiger partial charge in [0.05, 0.1) is 41.6 Å². The molecule has 0 bridgehead atoms. The van der Waals surface area contributed by atoms with Crippen LogP contribution in [0.3, 0.4) is 0 Å². The summed E-state index contributed by atoms with van der Waals surface area (Å²) in [4.78, 5) is 5.63. The second kappa shape index (κ2) is 15.9. The van der Waals surface area contributed by atoms with Crippen LogP contribution in [0.1, 0.15) is 51.8 Å². The summed E-state index contributed by atoms with van der Waals surface area (Å²) in [6.07, 6.45) is 2.20. The van der Waals surface area contributed by atoms with Crippen LogP contribution in [-0.4, -0.2) is 40.1 Å². The molecule has 2 fully saturated rings. The van der Waals surface area contributed by atoms with Crippen molar-refractivity contribution >= 4 is 22.9 Å². The van der Waals surface area contributed by atoms with Gasteiger partial charge in [-0.3, -0.25) is 0 Å². The van der Waals surface area contributed by atoms with Crippen LogP contribution in [0.5, 0.6) is 0 Å². The molecular weight excluding hydrogens is 694 g/mol. The number of hydrogen-bond acceptors (Lipinski definition) is 8. The molecule has 9 heteroatoms. The Morgan fingerprint density at radius 2 is 1.33 bits per heavy atom. The number of furan rings is 1. The molecule has 0 spiro atoms. The minimum absolute atomic E-state index is 0.335. The molecule has 8 rings (SSSR count). The highest BCUT2D eigenvalue weighted by Crippen LogP contribution is 2.49. The lowest BCUT2D eigenvalue weighted by Gasteiger charge is -2.48. The summed E-state index contributed by atoms with van der Waals surface area (Å²) in [6, 6.07) is 40.0. The van der Waals surface area contributed by atoms with E-state index in [4.69, 9.17) is 35.0 Å². The van der Waals surface area contributed by atoms with Gasteiger partial charge in [-0.05, 0) is 58.9 Å². The predicted molar refractivity (Wildman–Crippen MR) is 201 cm³/mol. The van der Waals surface area contributed by atoms with Gasteiger partial charge in [-0.25, -0.2) is 4.98 Å². The van der Waals surface area contributed by atoms with E-state index in [1.807, 2.05) is 121 Å². The highest BCUT2D eigenvalue weighted by atomic mass is 35.5. The zero-order chi connectivity index (χ0) is 35.3. The van der Waals surface area contributed by atoms with Crippen molar-refractivity contribution in [3.05, 3.63) is 172 Å². The number of rotatable bonds is 14. The van der Waals surface area contributed by atoms with Gasteiger partial charge in [-0.2, -0.15) is 0 Å². The third-order valence-corrected chi connectivity index (χ3v) is 11.1. The third kappa shape index (κ3) is 8.09. The lowest BCUT2D eigenvalue weighted by Crippen LogP contribution is -2.61. The maximum absolute atomic E-state index is 11.8. The number of aromatic nitrogens is 1. The van der Waals surface area contributed by atoms with E-state index in [0.29, 0.717) is 44.1 Å². The Hall–Kier alpha value is -4.12. The van der Waals surface area contributed by atoms with E-state index in [-0.39, 0.29) is 0 Å². The zero-order valence-electron chi connectivity index (χ0n) is 28.6. The Labute approximate surface area is 312 Å². The van der Waals surface area contributed by atoms with E-state index in [1.54, 1.807) is 17.6 Å². The second-order valence-electron chi connectivity index (χ2n) is 13.5. The molecule has 0 amide bonds. The lowest BCUT2D eigenvalue weighted by molar-refractivity contribution is -0.286. The molecule has 4 aromatic carbocycles. The van der Waals surface area contributed by atoms with Crippen LogP contribution in [0.2, 0.25) is 5.02 Å². The minimum Gasteiger partial charge on any atom is -0.463 e. The van der Waals surface area contributed by atoms with Crippen LogP contribution in [0.15, 0.2) is 138 Å². The van der Waals surface area contributed by atoms with E-state index in [9.17, 15) is 5.11 Å². The Kier molecular flexibility index (Phi) is 10.7. The molecule has 0 radical (unpaired) electrons. The van der Waals surface area contributed by atoms with E-state index < -0.39 is 36.1 Å². The number of thiazole rings is 1. The van der Waals surface area contributed by atoms with E-state index in [1.165, 1.54) is 0 Å². The average molecular weight is 734 g/mol. The first-order valence-electron chi connectivity index (χ1n) is 17.6. The first-order valence-corrected chi connectivity index (χ1v) is 18.8. The SMILES string of the molecule is OC1([C@H]2OC(c3ccc(Cl)c(Cc4ncc(-c5ccco5)s4)c3)C(OCc3ccccc3)[C@@H](OCc3ccccc3)[C@@H]2OCc2ccccc2)CC1. The van der Waals surface area contributed by atoms with Crippen molar-refractivity contribution in [1.29, 1.82) is 0 Å². The highest BCUT2D eigenvalue weighted by molar-refractivity contribution is 7.15. The molecule has 266 valence electrons. The normalized spacial score (nSPS) is 22.3. The maximum atomic E-state index is 11.8. The summed E-state index contributed by atoms with van der Waals surface area (Å²) in [7, 11) is 0. The molecule has 2 aliphatic rings. The molecule has 1 aliphatic heterocycles. The van der Waals surface area contributed by atoms with Gasteiger partial charge in [-0.1, -0.05) is 115 Å². The van der Waals surface area contributed by atoms with Crippen LogP contribution in [-0.2, 0) is 45.2 Å². The smallest absolute Gasteiger partial charge is 0.145 e. The number of benzene rings is 4. The Morgan fingerprint density at radius 3 is 1.90 bits per heavy atom. The van der Waals surface area contributed by atoms with Crippen LogP contribution >= 0.6 is 22.9 Å². The van der Waals surface area contributed by atoms with E-state index >= 15 is 0 Å². The van der Waals surface area contributed by atoms with Crippen LogP contribution in [0, 0.1) is 0 Å². The van der Waals surface area contributed by atoms with Gasteiger partial charge in [-0.15, -0.1) is 11.3 Å². The largest absolute Gasteiger partial charge is 0.463 e. The quantitative estimate of drug-likeness (QED) is 0.119. The Balaban J connectivity index is 1.16. The number of hydrogen-bond donors (Lipinski definition) is 1. The number of ether oxygens (including phenoxy) is 4. The minimum atomic E-state index is -1.04. The molecule has 1 saturated carbocycles. The summed E-state index contributed by atoms with van der Waals surface area (Å²) in [6.45, 7) is 1.02. The van der Waals surface area contributed by atoms with Gasteiger partial charge >= 0.3 is 0 Å². The van der Waals surface area contributed by atoms with Crippen molar-refractivity contribution < 1.29 is 28.5 Å². The van der Waals surface area contributed by atoms with Gasteiger partial charge in [0.25, 0.3) is 0 Å². The lowest BCUT2D eigenvalue weighted by atomic mass is 9.87. The summed E-state index contributed by atoms with van der Waals surface area (Å²) in [5.74, 6) is 0.784.